The van der Waals surface area contributed by atoms with Gasteiger partial charge in [-0.05, 0) is 37.1 Å². The van der Waals surface area contributed by atoms with Crippen molar-refractivity contribution in [3.05, 3.63) is 54.1 Å². The molecule has 136 valence electrons. The molecule has 2 amide bonds. The van der Waals surface area contributed by atoms with Gasteiger partial charge in [-0.2, -0.15) is 0 Å². The molecule has 6 heteroatoms. The van der Waals surface area contributed by atoms with Crippen LogP contribution in [-0.4, -0.2) is 36.9 Å². The summed E-state index contributed by atoms with van der Waals surface area (Å²) in [6.07, 6.45) is 1.25. The highest BCUT2D eigenvalue weighted by Crippen LogP contribution is 2.26. The summed E-state index contributed by atoms with van der Waals surface area (Å²) in [5, 5.41) is 2.93. The summed E-state index contributed by atoms with van der Waals surface area (Å²) in [6.45, 7) is 1.08. The predicted molar refractivity (Wildman–Crippen MR) is 101 cm³/mol. The van der Waals surface area contributed by atoms with Gasteiger partial charge in [0.2, 0.25) is 5.91 Å². The van der Waals surface area contributed by atoms with Gasteiger partial charge in [-0.3, -0.25) is 9.59 Å². The Bertz CT molecular complexity index is 798. The third kappa shape index (κ3) is 3.79. The molecule has 1 aliphatic rings. The average molecular weight is 353 g/mol. The number of carbonyl (C=O) groups excluding carboxylic acids is 2. The average Bonchev–Trinajstić information content (AvgIpc) is 2.68. The number of amides is 2. The topological polar surface area (TPSA) is 84.7 Å². The summed E-state index contributed by atoms with van der Waals surface area (Å²) < 4.78 is 5.26. The fourth-order valence-corrected chi connectivity index (χ4v) is 3.19. The summed E-state index contributed by atoms with van der Waals surface area (Å²) in [7, 11) is 1.57. The zero-order valence-electron chi connectivity index (χ0n) is 14.8. The number of likely N-dealkylation sites (tertiary alicyclic amines) is 1. The third-order valence-electron chi connectivity index (χ3n) is 4.71. The lowest BCUT2D eigenvalue weighted by atomic mass is 9.95. The van der Waals surface area contributed by atoms with E-state index >= 15 is 0 Å². The normalized spacial score (nSPS) is 14.7. The fourth-order valence-electron chi connectivity index (χ4n) is 3.19. The molecule has 1 fully saturated rings. The number of ether oxygens (including phenoxy) is 1. The molecule has 0 atom stereocenters. The summed E-state index contributed by atoms with van der Waals surface area (Å²) in [5.74, 6) is 0.387. The van der Waals surface area contributed by atoms with Crippen molar-refractivity contribution in [3.63, 3.8) is 0 Å². The molecule has 26 heavy (non-hydrogen) atoms. The van der Waals surface area contributed by atoms with Crippen LogP contribution in [0.2, 0.25) is 0 Å². The Hall–Kier alpha value is -3.02. The second-order valence-electron chi connectivity index (χ2n) is 6.34. The van der Waals surface area contributed by atoms with Crippen LogP contribution in [-0.2, 0) is 4.79 Å². The van der Waals surface area contributed by atoms with Gasteiger partial charge in [0.15, 0.2) is 0 Å². The second kappa shape index (κ2) is 7.91. The maximum absolute atomic E-state index is 12.6. The SMILES string of the molecule is COc1ccccc1NC(=O)C1CCN(C(=O)c2ccccc2N)CC1. The number of hydrogen-bond donors (Lipinski definition) is 2. The smallest absolute Gasteiger partial charge is 0.255 e. The van der Waals surface area contributed by atoms with Gasteiger partial charge in [0.25, 0.3) is 5.91 Å². The zero-order valence-corrected chi connectivity index (χ0v) is 14.8. The first-order chi connectivity index (χ1) is 12.6. The minimum atomic E-state index is -0.128. The molecule has 1 heterocycles. The molecular formula is C20H23N3O3. The van der Waals surface area contributed by atoms with Crippen molar-refractivity contribution in [3.8, 4) is 5.75 Å². The van der Waals surface area contributed by atoms with Gasteiger partial charge in [0.1, 0.15) is 5.75 Å². The molecule has 0 spiro atoms. The van der Waals surface area contributed by atoms with Gasteiger partial charge < -0.3 is 20.7 Å². The molecule has 3 N–H and O–H groups in total. The number of methoxy groups -OCH3 is 1. The van der Waals surface area contributed by atoms with E-state index in [1.807, 2.05) is 18.2 Å². The molecule has 0 bridgehead atoms. The molecule has 2 aromatic carbocycles. The van der Waals surface area contributed by atoms with Crippen LogP contribution >= 0.6 is 0 Å². The van der Waals surface area contributed by atoms with Crippen molar-refractivity contribution < 1.29 is 14.3 Å². The number of hydrogen-bond acceptors (Lipinski definition) is 4. The largest absolute Gasteiger partial charge is 0.495 e. The van der Waals surface area contributed by atoms with Gasteiger partial charge in [0, 0.05) is 24.7 Å². The van der Waals surface area contributed by atoms with E-state index in [2.05, 4.69) is 5.32 Å². The number of para-hydroxylation sites is 3. The van der Waals surface area contributed by atoms with E-state index in [0.717, 1.165) is 0 Å². The zero-order chi connectivity index (χ0) is 18.5. The molecule has 2 aromatic rings. The number of rotatable bonds is 4. The van der Waals surface area contributed by atoms with Crippen LogP contribution in [0.4, 0.5) is 11.4 Å². The molecular weight excluding hydrogens is 330 g/mol. The van der Waals surface area contributed by atoms with Crippen LogP contribution in [0.3, 0.4) is 0 Å². The molecule has 1 aliphatic heterocycles. The number of benzene rings is 2. The van der Waals surface area contributed by atoms with E-state index in [1.165, 1.54) is 0 Å². The lowest BCUT2D eigenvalue weighted by Gasteiger charge is -2.31. The maximum atomic E-state index is 12.6. The van der Waals surface area contributed by atoms with Crippen LogP contribution in [0, 0.1) is 5.92 Å². The highest BCUT2D eigenvalue weighted by Gasteiger charge is 2.28. The molecule has 0 saturated carbocycles. The Balaban J connectivity index is 1.59. The van der Waals surface area contributed by atoms with Crippen molar-refractivity contribution in [2.75, 3.05) is 31.2 Å². The molecule has 3 rings (SSSR count). The first-order valence-corrected chi connectivity index (χ1v) is 8.68. The van der Waals surface area contributed by atoms with Crippen LogP contribution in [0.1, 0.15) is 23.2 Å². The highest BCUT2D eigenvalue weighted by molar-refractivity contribution is 5.99. The number of anilines is 2. The lowest BCUT2D eigenvalue weighted by Crippen LogP contribution is -2.41. The van der Waals surface area contributed by atoms with E-state index < -0.39 is 0 Å². The lowest BCUT2D eigenvalue weighted by molar-refractivity contribution is -0.121. The third-order valence-corrected chi connectivity index (χ3v) is 4.71. The minimum absolute atomic E-state index is 0.0409. The van der Waals surface area contributed by atoms with Crippen LogP contribution in [0.15, 0.2) is 48.5 Å². The summed E-state index contributed by atoms with van der Waals surface area (Å²) in [4.78, 5) is 26.9. The second-order valence-corrected chi connectivity index (χ2v) is 6.34. The number of nitrogen functional groups attached to an aromatic ring is 1. The van der Waals surface area contributed by atoms with Gasteiger partial charge in [0.05, 0.1) is 18.4 Å². The Morgan fingerprint density at radius 2 is 1.73 bits per heavy atom. The van der Waals surface area contributed by atoms with E-state index in [1.54, 1.807) is 42.3 Å². The molecule has 6 nitrogen and oxygen atoms in total. The van der Waals surface area contributed by atoms with E-state index in [9.17, 15) is 9.59 Å². The minimum Gasteiger partial charge on any atom is -0.495 e. The molecule has 0 aromatic heterocycles. The first-order valence-electron chi connectivity index (χ1n) is 8.68. The van der Waals surface area contributed by atoms with Crippen LogP contribution < -0.4 is 15.8 Å². The Morgan fingerprint density at radius 3 is 2.42 bits per heavy atom. The quantitative estimate of drug-likeness (QED) is 0.828. The van der Waals surface area contributed by atoms with Crippen molar-refractivity contribution in [2.45, 2.75) is 12.8 Å². The molecule has 0 unspecified atom stereocenters. The van der Waals surface area contributed by atoms with Crippen molar-refractivity contribution in [1.29, 1.82) is 0 Å². The van der Waals surface area contributed by atoms with Gasteiger partial charge in [-0.1, -0.05) is 24.3 Å². The summed E-state index contributed by atoms with van der Waals surface area (Å²) >= 11 is 0. The summed E-state index contributed by atoms with van der Waals surface area (Å²) in [5.41, 5.74) is 7.55. The Kier molecular flexibility index (Phi) is 5.41. The standard InChI is InChI=1S/C20H23N3O3/c1-26-18-9-5-4-8-17(18)22-19(24)14-10-12-23(13-11-14)20(25)15-6-2-3-7-16(15)21/h2-9,14H,10-13,21H2,1H3,(H,22,24). The number of nitrogens with one attached hydrogen (secondary N) is 1. The van der Waals surface area contributed by atoms with E-state index in [4.69, 9.17) is 10.5 Å². The number of nitrogens with two attached hydrogens (primary N) is 1. The predicted octanol–water partition coefficient (Wildman–Crippen LogP) is 2.77. The van der Waals surface area contributed by atoms with Crippen molar-refractivity contribution in [2.24, 2.45) is 5.92 Å². The van der Waals surface area contributed by atoms with E-state index in [-0.39, 0.29) is 17.7 Å². The molecule has 1 saturated heterocycles. The van der Waals surface area contributed by atoms with Gasteiger partial charge in [-0.25, -0.2) is 0 Å². The van der Waals surface area contributed by atoms with Gasteiger partial charge >= 0.3 is 0 Å². The fraction of sp³-hybridized carbons (Fsp3) is 0.300. The maximum Gasteiger partial charge on any atom is 0.255 e. The van der Waals surface area contributed by atoms with Gasteiger partial charge in [-0.15, -0.1) is 0 Å². The van der Waals surface area contributed by atoms with Crippen molar-refractivity contribution in [1.82, 2.24) is 4.90 Å². The Morgan fingerprint density at radius 1 is 1.08 bits per heavy atom. The number of carbonyl (C=O) groups is 2. The first kappa shape index (κ1) is 17.8. The van der Waals surface area contributed by atoms with Crippen molar-refractivity contribution >= 4 is 23.2 Å². The highest BCUT2D eigenvalue weighted by atomic mass is 16.5. The monoisotopic (exact) mass is 353 g/mol. The Labute approximate surface area is 152 Å². The number of nitrogens with zero attached hydrogens (tertiary/aromatic N) is 1. The number of piperidine rings is 1. The molecule has 0 aliphatic carbocycles. The van der Waals surface area contributed by atoms with E-state index in [0.29, 0.717) is 48.6 Å². The molecule has 0 radical (unpaired) electrons. The van der Waals surface area contributed by atoms with Crippen LogP contribution in [0.5, 0.6) is 5.75 Å². The van der Waals surface area contributed by atoms with Crippen LogP contribution in [0.25, 0.3) is 0 Å². The summed E-state index contributed by atoms with van der Waals surface area (Å²) in [6, 6.07) is 14.4.